The number of nitrogens with zero attached hydrogens (tertiary/aromatic N) is 2. The predicted octanol–water partition coefficient (Wildman–Crippen LogP) is 3.68. The second kappa shape index (κ2) is 5.75. The molecular formula is C12H13BrClN3O2S. The van der Waals surface area contributed by atoms with Crippen LogP contribution >= 0.6 is 27.5 Å². The van der Waals surface area contributed by atoms with E-state index in [1.165, 1.54) is 24.4 Å². The van der Waals surface area contributed by atoms with Gasteiger partial charge in [0.05, 0.1) is 21.8 Å². The molecule has 0 aliphatic rings. The molecule has 0 bridgehead atoms. The molecule has 0 saturated carbocycles. The molecule has 108 valence electrons. The van der Waals surface area contributed by atoms with Crippen molar-refractivity contribution in [3.8, 4) is 0 Å². The second-order valence-electron chi connectivity index (χ2n) is 4.48. The topological polar surface area (TPSA) is 64.0 Å². The summed E-state index contributed by atoms with van der Waals surface area (Å²) < 4.78 is 29.1. The summed E-state index contributed by atoms with van der Waals surface area (Å²) in [6.07, 6.45) is 3.12. The summed E-state index contributed by atoms with van der Waals surface area (Å²) in [4.78, 5) is 0.131. The van der Waals surface area contributed by atoms with E-state index in [1.54, 1.807) is 10.9 Å². The minimum absolute atomic E-state index is 0.131. The summed E-state index contributed by atoms with van der Waals surface area (Å²) in [5.41, 5.74) is 0.421. The van der Waals surface area contributed by atoms with E-state index in [9.17, 15) is 8.42 Å². The third kappa shape index (κ3) is 3.34. The highest BCUT2D eigenvalue weighted by atomic mass is 79.9. The monoisotopic (exact) mass is 377 g/mol. The molecule has 2 rings (SSSR count). The summed E-state index contributed by atoms with van der Waals surface area (Å²) in [5.74, 6) is 0. The fourth-order valence-corrected chi connectivity index (χ4v) is 3.23. The van der Waals surface area contributed by atoms with Crippen LogP contribution in [-0.2, 0) is 10.0 Å². The van der Waals surface area contributed by atoms with Gasteiger partial charge in [0.15, 0.2) is 0 Å². The normalized spacial score (nSPS) is 11.8. The number of anilines is 1. The highest BCUT2D eigenvalue weighted by Gasteiger charge is 2.16. The maximum atomic E-state index is 12.2. The van der Waals surface area contributed by atoms with Gasteiger partial charge in [-0.25, -0.2) is 8.42 Å². The third-order valence-corrected chi connectivity index (χ3v) is 5.18. The highest BCUT2D eigenvalue weighted by molar-refractivity contribution is 9.10. The Bertz CT molecular complexity index is 728. The van der Waals surface area contributed by atoms with Gasteiger partial charge in [0.1, 0.15) is 0 Å². The van der Waals surface area contributed by atoms with Crippen molar-refractivity contribution in [1.82, 2.24) is 9.78 Å². The van der Waals surface area contributed by atoms with Crippen LogP contribution in [0.25, 0.3) is 0 Å². The lowest BCUT2D eigenvalue weighted by Crippen LogP contribution is -2.12. The second-order valence-corrected chi connectivity index (χ2v) is 7.43. The van der Waals surface area contributed by atoms with E-state index in [1.807, 2.05) is 13.8 Å². The Hall–Kier alpha value is -1.05. The molecule has 0 spiro atoms. The Morgan fingerprint density at radius 1 is 1.40 bits per heavy atom. The zero-order chi connectivity index (χ0) is 14.9. The van der Waals surface area contributed by atoms with Gasteiger partial charge in [-0.15, -0.1) is 0 Å². The van der Waals surface area contributed by atoms with Gasteiger partial charge >= 0.3 is 0 Å². The first-order valence-electron chi connectivity index (χ1n) is 5.81. The number of hydrogen-bond acceptors (Lipinski definition) is 3. The van der Waals surface area contributed by atoms with Crippen molar-refractivity contribution < 1.29 is 8.42 Å². The molecule has 0 aliphatic carbocycles. The standard InChI is InChI=1S/C12H13BrClN3O2S/c1-8(2)17-7-9(6-15-17)16-20(18,19)10-3-4-12(14)11(13)5-10/h3-8,16H,1-2H3. The van der Waals surface area contributed by atoms with Gasteiger partial charge in [0, 0.05) is 16.7 Å². The molecule has 2 aromatic rings. The minimum atomic E-state index is -3.66. The molecule has 1 aromatic heterocycles. The number of sulfonamides is 1. The minimum Gasteiger partial charge on any atom is -0.276 e. The van der Waals surface area contributed by atoms with Gasteiger partial charge < -0.3 is 0 Å². The lowest BCUT2D eigenvalue weighted by Gasteiger charge is -2.07. The van der Waals surface area contributed by atoms with Crippen LogP contribution in [0.1, 0.15) is 19.9 Å². The first-order valence-corrected chi connectivity index (χ1v) is 8.47. The van der Waals surface area contributed by atoms with Crippen molar-refractivity contribution in [1.29, 1.82) is 0 Å². The van der Waals surface area contributed by atoms with Crippen LogP contribution in [0.2, 0.25) is 5.02 Å². The smallest absolute Gasteiger partial charge is 0.262 e. The van der Waals surface area contributed by atoms with Gasteiger partial charge in [0.25, 0.3) is 10.0 Å². The number of aromatic nitrogens is 2. The van der Waals surface area contributed by atoms with Crippen LogP contribution in [0.3, 0.4) is 0 Å². The molecule has 1 aromatic carbocycles. The Morgan fingerprint density at radius 3 is 2.65 bits per heavy atom. The SMILES string of the molecule is CC(C)n1cc(NS(=O)(=O)c2ccc(Cl)c(Br)c2)cn1. The molecule has 1 heterocycles. The van der Waals surface area contributed by atoms with Gasteiger partial charge in [-0.05, 0) is 48.0 Å². The van der Waals surface area contributed by atoms with Crippen molar-refractivity contribution in [2.24, 2.45) is 0 Å². The number of nitrogens with one attached hydrogen (secondary N) is 1. The lowest BCUT2D eigenvalue weighted by molar-refractivity contribution is 0.532. The van der Waals surface area contributed by atoms with E-state index < -0.39 is 10.0 Å². The van der Waals surface area contributed by atoms with Crippen molar-refractivity contribution in [3.63, 3.8) is 0 Å². The van der Waals surface area contributed by atoms with Crippen LogP contribution in [0.15, 0.2) is 40.0 Å². The van der Waals surface area contributed by atoms with Crippen LogP contribution in [0.5, 0.6) is 0 Å². The van der Waals surface area contributed by atoms with Crippen molar-refractivity contribution >= 4 is 43.2 Å². The Kier molecular flexibility index (Phi) is 4.41. The molecule has 8 heteroatoms. The Morgan fingerprint density at radius 2 is 2.10 bits per heavy atom. The highest BCUT2D eigenvalue weighted by Crippen LogP contribution is 2.26. The number of hydrogen-bond donors (Lipinski definition) is 1. The fourth-order valence-electron chi connectivity index (χ4n) is 1.53. The summed E-state index contributed by atoms with van der Waals surface area (Å²) in [5, 5.41) is 4.54. The zero-order valence-corrected chi connectivity index (χ0v) is 14.0. The van der Waals surface area contributed by atoms with Gasteiger partial charge in [-0.1, -0.05) is 11.6 Å². The van der Waals surface area contributed by atoms with E-state index >= 15 is 0 Å². The molecule has 1 N–H and O–H groups in total. The van der Waals surface area contributed by atoms with Crippen LogP contribution in [0.4, 0.5) is 5.69 Å². The molecule has 0 radical (unpaired) electrons. The van der Waals surface area contributed by atoms with Gasteiger partial charge in [0.2, 0.25) is 0 Å². The molecule has 0 fully saturated rings. The Balaban J connectivity index is 2.28. The number of rotatable bonds is 4. The number of benzene rings is 1. The van der Waals surface area contributed by atoms with Crippen LogP contribution in [0, 0.1) is 0 Å². The molecule has 0 atom stereocenters. The fraction of sp³-hybridized carbons (Fsp3) is 0.250. The largest absolute Gasteiger partial charge is 0.276 e. The zero-order valence-electron chi connectivity index (χ0n) is 10.8. The average Bonchev–Trinajstić information content (AvgIpc) is 2.80. The predicted molar refractivity (Wildman–Crippen MR) is 82.6 cm³/mol. The summed E-state index contributed by atoms with van der Waals surface area (Å²) >= 11 is 9.06. The molecule has 0 unspecified atom stereocenters. The quantitative estimate of drug-likeness (QED) is 0.882. The molecule has 5 nitrogen and oxygen atoms in total. The maximum absolute atomic E-state index is 12.2. The number of halogens is 2. The summed E-state index contributed by atoms with van der Waals surface area (Å²) in [6.45, 7) is 3.92. The van der Waals surface area contributed by atoms with E-state index in [2.05, 4.69) is 25.8 Å². The molecule has 20 heavy (non-hydrogen) atoms. The van der Waals surface area contributed by atoms with E-state index in [-0.39, 0.29) is 10.9 Å². The first-order chi connectivity index (χ1) is 9.29. The van der Waals surface area contributed by atoms with Gasteiger partial charge in [-0.2, -0.15) is 5.10 Å². The molecular weight excluding hydrogens is 366 g/mol. The van der Waals surface area contributed by atoms with Gasteiger partial charge in [-0.3, -0.25) is 9.40 Å². The maximum Gasteiger partial charge on any atom is 0.262 e. The lowest BCUT2D eigenvalue weighted by atomic mass is 10.4. The first kappa shape index (κ1) is 15.3. The molecule has 0 aliphatic heterocycles. The summed E-state index contributed by atoms with van der Waals surface area (Å²) in [6, 6.07) is 4.59. The van der Waals surface area contributed by atoms with Crippen LogP contribution < -0.4 is 4.72 Å². The molecule has 0 amide bonds. The van der Waals surface area contributed by atoms with Crippen LogP contribution in [-0.4, -0.2) is 18.2 Å². The average molecular weight is 379 g/mol. The summed E-state index contributed by atoms with van der Waals surface area (Å²) in [7, 11) is -3.66. The van der Waals surface area contributed by atoms with E-state index in [0.717, 1.165) is 0 Å². The third-order valence-electron chi connectivity index (χ3n) is 2.58. The molecule has 0 saturated heterocycles. The van der Waals surface area contributed by atoms with Crippen molar-refractivity contribution in [3.05, 3.63) is 40.1 Å². The van der Waals surface area contributed by atoms with E-state index in [4.69, 9.17) is 11.6 Å². The Labute approximate surface area is 131 Å². The van der Waals surface area contributed by atoms with Crippen molar-refractivity contribution in [2.45, 2.75) is 24.8 Å². The van der Waals surface area contributed by atoms with Crippen molar-refractivity contribution in [2.75, 3.05) is 4.72 Å². The van der Waals surface area contributed by atoms with E-state index in [0.29, 0.717) is 15.2 Å².